The number of aliphatic hydroxyl groups excluding tert-OH is 1. The number of aromatic nitrogens is 1. The SMILES string of the molecule is CCN(CCO)S(=O)(=O)c1ccc(C(=NO[C@@H]2CC[C@@H](OC)C2)C(=O)Nc2ncc(C)s2)cc1. The average molecular weight is 511 g/mol. The minimum absolute atomic E-state index is 0.000621. The minimum Gasteiger partial charge on any atom is -0.395 e. The molecule has 1 saturated carbocycles. The highest BCUT2D eigenvalue weighted by Gasteiger charge is 2.27. The van der Waals surface area contributed by atoms with Crippen LogP contribution in [0.3, 0.4) is 0 Å². The normalized spacial score (nSPS) is 18.9. The second kappa shape index (κ2) is 11.8. The predicted octanol–water partition coefficient (Wildman–Crippen LogP) is 2.38. The van der Waals surface area contributed by atoms with E-state index in [0.717, 1.165) is 17.7 Å². The van der Waals surface area contributed by atoms with Crippen molar-refractivity contribution in [1.29, 1.82) is 0 Å². The van der Waals surface area contributed by atoms with Crippen molar-refractivity contribution in [3.05, 3.63) is 40.9 Å². The number of anilines is 1. The van der Waals surface area contributed by atoms with Crippen LogP contribution < -0.4 is 5.32 Å². The zero-order chi connectivity index (χ0) is 24.7. The molecule has 0 spiro atoms. The third-order valence-corrected chi connectivity index (χ3v) is 8.30. The highest BCUT2D eigenvalue weighted by atomic mass is 32.2. The summed E-state index contributed by atoms with van der Waals surface area (Å²) in [5.41, 5.74) is 0.414. The first kappa shape index (κ1) is 26.2. The summed E-state index contributed by atoms with van der Waals surface area (Å²) < 4.78 is 32.2. The van der Waals surface area contributed by atoms with Gasteiger partial charge in [-0.1, -0.05) is 24.2 Å². The van der Waals surface area contributed by atoms with E-state index in [1.54, 1.807) is 20.2 Å². The predicted molar refractivity (Wildman–Crippen MR) is 129 cm³/mol. The second-order valence-corrected chi connectivity index (χ2v) is 11.0. The van der Waals surface area contributed by atoms with E-state index < -0.39 is 15.9 Å². The number of likely N-dealkylation sites (N-methyl/N-ethyl adjacent to an activating group) is 1. The van der Waals surface area contributed by atoms with Crippen LogP contribution in [0.1, 0.15) is 36.6 Å². The van der Waals surface area contributed by atoms with E-state index in [1.807, 2.05) is 6.92 Å². The topological polar surface area (TPSA) is 130 Å². The highest BCUT2D eigenvalue weighted by Crippen LogP contribution is 2.25. The number of aryl methyl sites for hydroxylation is 1. The Balaban J connectivity index is 1.86. The maximum absolute atomic E-state index is 13.0. The molecule has 3 rings (SSSR count). The van der Waals surface area contributed by atoms with Gasteiger partial charge in [0, 0.05) is 43.3 Å². The van der Waals surface area contributed by atoms with Crippen LogP contribution in [0.5, 0.6) is 0 Å². The number of methoxy groups -OCH3 is 1. The largest absolute Gasteiger partial charge is 0.395 e. The molecule has 1 aromatic heterocycles. The Morgan fingerprint density at radius 1 is 1.29 bits per heavy atom. The van der Waals surface area contributed by atoms with Crippen LogP contribution in [0.25, 0.3) is 0 Å². The number of amides is 1. The maximum Gasteiger partial charge on any atom is 0.280 e. The Bertz CT molecular complexity index is 1100. The molecular weight excluding hydrogens is 480 g/mol. The number of nitrogens with one attached hydrogen (secondary N) is 1. The first-order chi connectivity index (χ1) is 16.3. The van der Waals surface area contributed by atoms with Gasteiger partial charge in [0.05, 0.1) is 17.6 Å². The van der Waals surface area contributed by atoms with Gasteiger partial charge in [0.15, 0.2) is 10.8 Å². The first-order valence-corrected chi connectivity index (χ1v) is 13.3. The summed E-state index contributed by atoms with van der Waals surface area (Å²) in [6.45, 7) is 3.53. The first-order valence-electron chi connectivity index (χ1n) is 11.0. The molecule has 0 bridgehead atoms. The van der Waals surface area contributed by atoms with E-state index in [1.165, 1.54) is 39.9 Å². The standard InChI is InChI=1S/C22H30N4O6S2/c1-4-26(11-12-27)34(29,30)19-9-5-16(6-10-19)20(21(28)24-22-23-14-15(2)33-22)25-32-18-8-7-17(13-18)31-3/h5-6,9-10,14,17-18,27H,4,7-8,11-13H2,1-3H3,(H,23,24,28)/t17-,18-/m1/s1. The van der Waals surface area contributed by atoms with Crippen LogP contribution in [0.2, 0.25) is 0 Å². The number of carbonyl (C=O) groups excluding carboxylic acids is 1. The van der Waals surface area contributed by atoms with Crippen molar-refractivity contribution in [1.82, 2.24) is 9.29 Å². The lowest BCUT2D eigenvalue weighted by Crippen LogP contribution is -2.33. The van der Waals surface area contributed by atoms with Crippen LogP contribution in [0, 0.1) is 6.92 Å². The summed E-state index contributed by atoms with van der Waals surface area (Å²) in [6.07, 6.45) is 3.87. The molecule has 1 fully saturated rings. The molecule has 186 valence electrons. The van der Waals surface area contributed by atoms with Gasteiger partial charge < -0.3 is 14.7 Å². The van der Waals surface area contributed by atoms with Gasteiger partial charge in [-0.05, 0) is 31.9 Å². The third-order valence-electron chi connectivity index (χ3n) is 5.49. The molecule has 0 aliphatic heterocycles. The van der Waals surface area contributed by atoms with E-state index in [9.17, 15) is 13.2 Å². The fraction of sp³-hybridized carbons (Fsp3) is 0.500. The summed E-state index contributed by atoms with van der Waals surface area (Å²) in [4.78, 5) is 23.9. The third kappa shape index (κ3) is 6.39. The highest BCUT2D eigenvalue weighted by molar-refractivity contribution is 7.89. The Hall–Kier alpha value is -2.38. The van der Waals surface area contributed by atoms with Crippen LogP contribution in [-0.2, 0) is 24.4 Å². The average Bonchev–Trinajstić information content (AvgIpc) is 3.46. The van der Waals surface area contributed by atoms with Crippen molar-refractivity contribution < 1.29 is 27.9 Å². The Labute approximate surface area is 203 Å². The van der Waals surface area contributed by atoms with E-state index in [-0.39, 0.29) is 42.5 Å². The number of thiazole rings is 1. The van der Waals surface area contributed by atoms with Gasteiger partial charge in [-0.2, -0.15) is 4.31 Å². The van der Waals surface area contributed by atoms with E-state index in [4.69, 9.17) is 14.7 Å². The number of aliphatic hydroxyl groups is 1. The summed E-state index contributed by atoms with van der Waals surface area (Å²) in [5.74, 6) is -0.512. The fourth-order valence-electron chi connectivity index (χ4n) is 3.63. The van der Waals surface area contributed by atoms with E-state index >= 15 is 0 Å². The number of benzene rings is 1. The van der Waals surface area contributed by atoms with Crippen LogP contribution in [0.15, 0.2) is 40.5 Å². The lowest BCUT2D eigenvalue weighted by Gasteiger charge is -2.19. The number of nitrogens with zero attached hydrogens (tertiary/aromatic N) is 3. The molecule has 10 nitrogen and oxygen atoms in total. The van der Waals surface area contributed by atoms with Crippen molar-refractivity contribution >= 4 is 38.1 Å². The van der Waals surface area contributed by atoms with Crippen LogP contribution in [0.4, 0.5) is 5.13 Å². The van der Waals surface area contributed by atoms with Crippen molar-refractivity contribution in [2.75, 3.05) is 32.1 Å². The molecule has 1 amide bonds. The van der Waals surface area contributed by atoms with Gasteiger partial charge in [0.1, 0.15) is 6.10 Å². The maximum atomic E-state index is 13.0. The molecular formula is C22H30N4O6S2. The van der Waals surface area contributed by atoms with Gasteiger partial charge in [-0.15, -0.1) is 11.3 Å². The van der Waals surface area contributed by atoms with Crippen LogP contribution >= 0.6 is 11.3 Å². The van der Waals surface area contributed by atoms with E-state index in [0.29, 0.717) is 17.1 Å². The molecule has 0 unspecified atom stereocenters. The lowest BCUT2D eigenvalue weighted by atomic mass is 10.1. The van der Waals surface area contributed by atoms with Gasteiger partial charge in [0.25, 0.3) is 5.91 Å². The Morgan fingerprint density at radius 2 is 2.00 bits per heavy atom. The number of ether oxygens (including phenoxy) is 1. The minimum atomic E-state index is -3.78. The molecule has 0 saturated heterocycles. The molecule has 34 heavy (non-hydrogen) atoms. The number of hydrogen-bond donors (Lipinski definition) is 2. The van der Waals surface area contributed by atoms with Gasteiger partial charge in [-0.3, -0.25) is 10.1 Å². The van der Waals surface area contributed by atoms with Gasteiger partial charge in [-0.25, -0.2) is 13.4 Å². The van der Waals surface area contributed by atoms with E-state index in [2.05, 4.69) is 15.5 Å². The number of rotatable bonds is 11. The Kier molecular flexibility index (Phi) is 9.14. The van der Waals surface area contributed by atoms with Crippen LogP contribution in [-0.4, -0.2) is 73.4 Å². The molecule has 12 heteroatoms. The number of hydrogen-bond acceptors (Lipinski definition) is 9. The number of sulfonamides is 1. The number of oxime groups is 1. The monoisotopic (exact) mass is 510 g/mol. The smallest absolute Gasteiger partial charge is 0.280 e. The van der Waals surface area contributed by atoms with Crippen molar-refractivity contribution in [3.8, 4) is 0 Å². The molecule has 2 aromatic rings. The van der Waals surface area contributed by atoms with Gasteiger partial charge in [0.2, 0.25) is 10.0 Å². The molecule has 2 atom stereocenters. The van der Waals surface area contributed by atoms with Crippen molar-refractivity contribution in [2.24, 2.45) is 5.16 Å². The number of carbonyl (C=O) groups is 1. The summed E-state index contributed by atoms with van der Waals surface area (Å²) in [7, 11) is -2.12. The summed E-state index contributed by atoms with van der Waals surface area (Å²) >= 11 is 1.33. The fourth-order valence-corrected chi connectivity index (χ4v) is 5.73. The quantitative estimate of drug-likeness (QED) is 0.351. The zero-order valence-corrected chi connectivity index (χ0v) is 21.1. The summed E-state index contributed by atoms with van der Waals surface area (Å²) in [5, 5.41) is 16.5. The van der Waals surface area contributed by atoms with Gasteiger partial charge >= 0.3 is 0 Å². The molecule has 1 aliphatic rings. The van der Waals surface area contributed by atoms with Crippen molar-refractivity contribution in [2.45, 2.75) is 50.2 Å². The molecule has 0 radical (unpaired) electrons. The Morgan fingerprint density at radius 3 is 2.56 bits per heavy atom. The molecule has 1 heterocycles. The molecule has 2 N–H and O–H groups in total. The molecule has 1 aliphatic carbocycles. The lowest BCUT2D eigenvalue weighted by molar-refractivity contribution is -0.110. The zero-order valence-electron chi connectivity index (χ0n) is 19.4. The van der Waals surface area contributed by atoms with Crippen molar-refractivity contribution in [3.63, 3.8) is 0 Å². The summed E-state index contributed by atoms with van der Waals surface area (Å²) in [6, 6.07) is 5.86. The molecule has 1 aromatic carbocycles. The second-order valence-electron chi connectivity index (χ2n) is 7.81.